The van der Waals surface area contributed by atoms with E-state index >= 15 is 0 Å². The first-order valence-electron chi connectivity index (χ1n) is 7.85. The van der Waals surface area contributed by atoms with Crippen LogP contribution in [0.5, 0.6) is 0 Å². The Labute approximate surface area is 124 Å². The summed E-state index contributed by atoms with van der Waals surface area (Å²) in [5.41, 5.74) is -1.32. The van der Waals surface area contributed by atoms with E-state index in [9.17, 15) is 10.2 Å². The molecule has 0 spiro atoms. The molecular weight excluding hydrogens is 252 g/mol. The average molecular weight is 286 g/mol. The first kappa shape index (κ1) is 17.9. The molecule has 2 atom stereocenters. The molecule has 0 radical (unpaired) electrons. The van der Waals surface area contributed by atoms with E-state index in [4.69, 9.17) is 0 Å². The third kappa shape index (κ3) is 6.08. The molecule has 20 heavy (non-hydrogen) atoms. The van der Waals surface area contributed by atoms with Gasteiger partial charge in [0.25, 0.3) is 0 Å². The van der Waals surface area contributed by atoms with Gasteiger partial charge in [-0.15, -0.1) is 0 Å². The van der Waals surface area contributed by atoms with Crippen LogP contribution in [0.3, 0.4) is 0 Å². The van der Waals surface area contributed by atoms with Gasteiger partial charge in [0.2, 0.25) is 0 Å². The molecule has 0 aromatic carbocycles. The second-order valence-corrected chi connectivity index (χ2v) is 7.87. The molecule has 0 aromatic heterocycles. The fourth-order valence-corrected chi connectivity index (χ4v) is 3.58. The third-order valence-corrected chi connectivity index (χ3v) is 4.10. The smallest absolute Gasteiger partial charge is 0.0718 e. The number of aliphatic hydroxyl groups is 2. The Balaban J connectivity index is 2.71. The van der Waals surface area contributed by atoms with E-state index in [2.05, 4.69) is 23.9 Å². The molecular formula is C16H34N2O2. The minimum absolute atomic E-state index is 0.461. The summed E-state index contributed by atoms with van der Waals surface area (Å²) >= 11 is 0. The van der Waals surface area contributed by atoms with Gasteiger partial charge in [-0.2, -0.15) is 0 Å². The van der Waals surface area contributed by atoms with Gasteiger partial charge in [-0.1, -0.05) is 12.8 Å². The van der Waals surface area contributed by atoms with Crippen molar-refractivity contribution < 1.29 is 10.2 Å². The number of rotatable bonds is 6. The molecule has 0 bridgehead atoms. The summed E-state index contributed by atoms with van der Waals surface area (Å²) < 4.78 is 0. The highest BCUT2D eigenvalue weighted by atomic mass is 16.3. The average Bonchev–Trinajstić information content (AvgIpc) is 2.24. The van der Waals surface area contributed by atoms with E-state index < -0.39 is 11.2 Å². The summed E-state index contributed by atoms with van der Waals surface area (Å²) in [6.45, 7) is 8.82. The van der Waals surface area contributed by atoms with Crippen molar-refractivity contribution >= 4 is 0 Å². The first-order chi connectivity index (χ1) is 8.99. The monoisotopic (exact) mass is 286 g/mol. The molecule has 4 nitrogen and oxygen atoms in total. The molecule has 2 N–H and O–H groups in total. The van der Waals surface area contributed by atoms with Crippen LogP contribution in [0.2, 0.25) is 0 Å². The summed E-state index contributed by atoms with van der Waals surface area (Å²) in [5.74, 6) is 0. The highest BCUT2D eigenvalue weighted by Crippen LogP contribution is 2.27. The van der Waals surface area contributed by atoms with Crippen LogP contribution >= 0.6 is 0 Å². The van der Waals surface area contributed by atoms with Gasteiger partial charge in [-0.25, -0.2) is 0 Å². The molecule has 1 saturated carbocycles. The zero-order chi connectivity index (χ0) is 15.6. The van der Waals surface area contributed by atoms with E-state index in [0.717, 1.165) is 0 Å². The second kappa shape index (κ2) is 6.73. The Hall–Kier alpha value is -0.160. The molecule has 4 heteroatoms. The van der Waals surface area contributed by atoms with E-state index in [1.165, 1.54) is 25.7 Å². The van der Waals surface area contributed by atoms with Crippen LogP contribution in [0.25, 0.3) is 0 Å². The van der Waals surface area contributed by atoms with E-state index in [1.54, 1.807) is 0 Å². The summed E-state index contributed by atoms with van der Waals surface area (Å²) in [6.07, 6.45) is 4.86. The van der Waals surface area contributed by atoms with Gasteiger partial charge in [0.05, 0.1) is 11.2 Å². The van der Waals surface area contributed by atoms with Gasteiger partial charge >= 0.3 is 0 Å². The third-order valence-electron chi connectivity index (χ3n) is 4.10. The number of hydrogen-bond donors (Lipinski definition) is 2. The summed E-state index contributed by atoms with van der Waals surface area (Å²) in [6, 6.07) is 0.921. The van der Waals surface area contributed by atoms with Crippen LogP contribution < -0.4 is 0 Å². The van der Waals surface area contributed by atoms with Crippen molar-refractivity contribution in [2.24, 2.45) is 0 Å². The van der Waals surface area contributed by atoms with Crippen molar-refractivity contribution in [3.8, 4) is 0 Å². The van der Waals surface area contributed by atoms with Crippen molar-refractivity contribution in [3.63, 3.8) is 0 Å². The number of nitrogens with zero attached hydrogens (tertiary/aromatic N) is 2. The van der Waals surface area contributed by atoms with E-state index in [0.29, 0.717) is 25.2 Å². The Kier molecular flexibility index (Phi) is 6.02. The minimum Gasteiger partial charge on any atom is -0.389 e. The van der Waals surface area contributed by atoms with Gasteiger partial charge in [0.1, 0.15) is 0 Å². The fourth-order valence-electron chi connectivity index (χ4n) is 3.58. The molecule has 1 rings (SSSR count). The lowest BCUT2D eigenvalue weighted by molar-refractivity contribution is -0.0190. The van der Waals surface area contributed by atoms with Crippen LogP contribution in [0.15, 0.2) is 0 Å². The maximum absolute atomic E-state index is 10.0. The normalized spacial score (nSPS) is 25.5. The number of likely N-dealkylation sites (N-methyl/N-ethyl adjacent to an activating group) is 2. The Morgan fingerprint density at radius 2 is 1.10 bits per heavy atom. The maximum atomic E-state index is 10.0. The number of hydrogen-bond acceptors (Lipinski definition) is 4. The molecule has 0 amide bonds. The largest absolute Gasteiger partial charge is 0.389 e. The lowest BCUT2D eigenvalue weighted by atomic mass is 9.87. The van der Waals surface area contributed by atoms with Crippen molar-refractivity contribution in [1.82, 2.24) is 9.80 Å². The Bertz CT molecular complexity index is 264. The van der Waals surface area contributed by atoms with Crippen molar-refractivity contribution in [3.05, 3.63) is 0 Å². The highest BCUT2D eigenvalue weighted by molar-refractivity contribution is 4.91. The maximum Gasteiger partial charge on any atom is 0.0718 e. The van der Waals surface area contributed by atoms with E-state index in [1.807, 2.05) is 27.7 Å². The van der Waals surface area contributed by atoms with Crippen LogP contribution in [-0.4, -0.2) is 70.5 Å². The molecule has 0 unspecified atom stereocenters. The Morgan fingerprint density at radius 3 is 1.35 bits per heavy atom. The van der Waals surface area contributed by atoms with Gasteiger partial charge in [-0.3, -0.25) is 9.80 Å². The summed E-state index contributed by atoms with van der Waals surface area (Å²) in [4.78, 5) is 4.59. The standard InChI is InChI=1S/C16H34N2O2/c1-15(2,19)11-17(5)13-9-7-8-10-14(13)18(6)12-16(3,4)20/h13-14,19-20H,7-12H2,1-6H3/t13-,14-/m1/s1. The van der Waals surface area contributed by atoms with Gasteiger partial charge in [0, 0.05) is 25.2 Å². The van der Waals surface area contributed by atoms with Crippen LogP contribution in [0.1, 0.15) is 53.4 Å². The summed E-state index contributed by atoms with van der Waals surface area (Å²) in [7, 11) is 4.22. The lowest BCUT2D eigenvalue weighted by Gasteiger charge is -2.45. The fraction of sp³-hybridized carbons (Fsp3) is 1.00. The zero-order valence-corrected chi connectivity index (χ0v) is 14.2. The predicted molar refractivity (Wildman–Crippen MR) is 83.9 cm³/mol. The SMILES string of the molecule is CN(CC(C)(C)O)[C@@H]1CCCC[C@H]1N(C)CC(C)(C)O. The molecule has 0 saturated heterocycles. The molecule has 1 aliphatic carbocycles. The first-order valence-corrected chi connectivity index (χ1v) is 7.85. The molecule has 0 aromatic rings. The second-order valence-electron chi connectivity index (χ2n) is 7.87. The topological polar surface area (TPSA) is 46.9 Å². The van der Waals surface area contributed by atoms with Crippen LogP contribution in [0, 0.1) is 0 Å². The van der Waals surface area contributed by atoms with Crippen LogP contribution in [0.4, 0.5) is 0 Å². The molecule has 120 valence electrons. The predicted octanol–water partition coefficient (Wildman–Crippen LogP) is 1.70. The van der Waals surface area contributed by atoms with Crippen molar-refractivity contribution in [1.29, 1.82) is 0 Å². The quantitative estimate of drug-likeness (QED) is 0.780. The molecule has 0 heterocycles. The van der Waals surface area contributed by atoms with E-state index in [-0.39, 0.29) is 0 Å². The van der Waals surface area contributed by atoms with Gasteiger partial charge in [0.15, 0.2) is 0 Å². The zero-order valence-electron chi connectivity index (χ0n) is 14.2. The molecule has 1 fully saturated rings. The van der Waals surface area contributed by atoms with Crippen LogP contribution in [-0.2, 0) is 0 Å². The van der Waals surface area contributed by atoms with Gasteiger partial charge < -0.3 is 10.2 Å². The highest BCUT2D eigenvalue weighted by Gasteiger charge is 2.34. The minimum atomic E-state index is -0.661. The van der Waals surface area contributed by atoms with Crippen molar-refractivity contribution in [2.75, 3.05) is 27.2 Å². The molecule has 0 aliphatic heterocycles. The Morgan fingerprint density at radius 1 is 0.800 bits per heavy atom. The lowest BCUT2D eigenvalue weighted by Crippen LogP contribution is -2.55. The van der Waals surface area contributed by atoms with Gasteiger partial charge in [-0.05, 0) is 54.6 Å². The molecule has 1 aliphatic rings. The van der Waals surface area contributed by atoms with Crippen molar-refractivity contribution in [2.45, 2.75) is 76.7 Å². The summed E-state index contributed by atoms with van der Waals surface area (Å²) in [5, 5.41) is 20.1.